The average molecular weight is 183 g/mol. The third kappa shape index (κ3) is 2.46. The van der Waals surface area contributed by atoms with Crippen LogP contribution in [0.2, 0.25) is 0 Å². The first-order chi connectivity index (χ1) is 6.15. The van der Waals surface area contributed by atoms with E-state index in [9.17, 15) is 0 Å². The predicted octanol–water partition coefficient (Wildman–Crippen LogP) is 3.33. The van der Waals surface area contributed by atoms with Crippen molar-refractivity contribution in [1.82, 2.24) is 0 Å². The molecule has 1 aliphatic carbocycles. The molecule has 0 heterocycles. The Morgan fingerprint density at radius 2 is 1.77 bits per heavy atom. The number of nitrogens with two attached hydrogens (primary N) is 1. The molecule has 0 saturated heterocycles. The Labute approximate surface area is 83.1 Å². The minimum absolute atomic E-state index is 0.471. The lowest BCUT2D eigenvalue weighted by Crippen LogP contribution is -2.39. The molecule has 0 bridgehead atoms. The van der Waals surface area contributed by atoms with Crippen LogP contribution in [0.5, 0.6) is 0 Å². The first kappa shape index (κ1) is 11.0. The van der Waals surface area contributed by atoms with Crippen LogP contribution in [0.4, 0.5) is 0 Å². The van der Waals surface area contributed by atoms with Gasteiger partial charge in [-0.25, -0.2) is 0 Å². The lowest BCUT2D eigenvalue weighted by Gasteiger charge is -2.42. The first-order valence-corrected chi connectivity index (χ1v) is 5.91. The summed E-state index contributed by atoms with van der Waals surface area (Å²) >= 11 is 0. The Morgan fingerprint density at radius 1 is 1.15 bits per heavy atom. The fourth-order valence-electron chi connectivity index (χ4n) is 2.99. The van der Waals surface area contributed by atoms with Gasteiger partial charge < -0.3 is 5.73 Å². The van der Waals surface area contributed by atoms with Gasteiger partial charge in [0.2, 0.25) is 0 Å². The van der Waals surface area contributed by atoms with Crippen molar-refractivity contribution < 1.29 is 0 Å². The van der Waals surface area contributed by atoms with Gasteiger partial charge in [-0.05, 0) is 30.6 Å². The number of hydrogen-bond donors (Lipinski definition) is 1. The molecule has 2 N–H and O–H groups in total. The third-order valence-electron chi connectivity index (χ3n) is 4.13. The Hall–Kier alpha value is -0.0400. The fourth-order valence-corrected chi connectivity index (χ4v) is 2.99. The maximum absolute atomic E-state index is 6.13. The molecule has 1 fully saturated rings. The van der Waals surface area contributed by atoms with Crippen LogP contribution >= 0.6 is 0 Å². The quantitative estimate of drug-likeness (QED) is 0.713. The molecular formula is C12H25N. The van der Waals surface area contributed by atoms with Gasteiger partial charge in [-0.2, -0.15) is 0 Å². The highest BCUT2D eigenvalue weighted by Gasteiger charge is 2.35. The lowest BCUT2D eigenvalue weighted by atomic mass is 9.64. The van der Waals surface area contributed by atoms with E-state index in [1.54, 1.807) is 0 Å². The molecule has 78 valence electrons. The molecule has 13 heavy (non-hydrogen) atoms. The molecule has 1 aliphatic rings. The minimum Gasteiger partial charge on any atom is -0.328 e. The smallest absolute Gasteiger partial charge is 0.00467 e. The Balaban J connectivity index is 2.64. The molecule has 0 aliphatic heterocycles. The zero-order valence-corrected chi connectivity index (χ0v) is 9.47. The topological polar surface area (TPSA) is 26.0 Å². The van der Waals surface area contributed by atoms with Gasteiger partial charge in [0, 0.05) is 6.04 Å². The maximum Gasteiger partial charge on any atom is 0.00467 e. The largest absolute Gasteiger partial charge is 0.328 e. The van der Waals surface area contributed by atoms with Crippen LogP contribution in [-0.4, -0.2) is 6.04 Å². The van der Waals surface area contributed by atoms with Gasteiger partial charge in [0.15, 0.2) is 0 Å². The van der Waals surface area contributed by atoms with Gasteiger partial charge in [-0.15, -0.1) is 0 Å². The van der Waals surface area contributed by atoms with Crippen LogP contribution in [0.15, 0.2) is 0 Å². The van der Waals surface area contributed by atoms with Crippen molar-refractivity contribution in [3.05, 3.63) is 0 Å². The summed E-state index contributed by atoms with van der Waals surface area (Å²) in [6.45, 7) is 6.96. The highest BCUT2D eigenvalue weighted by Crippen LogP contribution is 2.44. The minimum atomic E-state index is 0.471. The first-order valence-electron chi connectivity index (χ1n) is 5.91. The van der Waals surface area contributed by atoms with Crippen LogP contribution in [0.3, 0.4) is 0 Å². The van der Waals surface area contributed by atoms with E-state index in [1.165, 1.54) is 38.5 Å². The summed E-state index contributed by atoms with van der Waals surface area (Å²) in [4.78, 5) is 0. The highest BCUT2D eigenvalue weighted by molar-refractivity contribution is 4.89. The zero-order valence-electron chi connectivity index (χ0n) is 9.47. The molecule has 0 aromatic carbocycles. The van der Waals surface area contributed by atoms with E-state index in [4.69, 9.17) is 5.73 Å². The van der Waals surface area contributed by atoms with E-state index >= 15 is 0 Å². The van der Waals surface area contributed by atoms with E-state index in [-0.39, 0.29) is 0 Å². The second-order valence-corrected chi connectivity index (χ2v) is 4.89. The molecular weight excluding hydrogens is 158 g/mol. The number of rotatable bonds is 3. The number of hydrogen-bond acceptors (Lipinski definition) is 1. The van der Waals surface area contributed by atoms with Crippen molar-refractivity contribution in [2.24, 2.45) is 17.1 Å². The summed E-state index contributed by atoms with van der Waals surface area (Å²) in [5.41, 5.74) is 6.71. The van der Waals surface area contributed by atoms with Gasteiger partial charge in [0.25, 0.3) is 0 Å². The molecule has 0 radical (unpaired) electrons. The van der Waals surface area contributed by atoms with Crippen molar-refractivity contribution in [3.8, 4) is 0 Å². The van der Waals surface area contributed by atoms with Crippen molar-refractivity contribution in [2.75, 3.05) is 0 Å². The summed E-state index contributed by atoms with van der Waals surface area (Å²) in [6, 6.07) is 0.471. The van der Waals surface area contributed by atoms with Crippen LogP contribution in [0.1, 0.15) is 59.3 Å². The zero-order chi connectivity index (χ0) is 9.90. The third-order valence-corrected chi connectivity index (χ3v) is 4.13. The second kappa shape index (κ2) is 4.45. The average Bonchev–Trinajstić information content (AvgIpc) is 2.16. The molecule has 0 amide bonds. The Morgan fingerprint density at radius 3 is 2.23 bits per heavy atom. The van der Waals surface area contributed by atoms with Gasteiger partial charge in [-0.1, -0.05) is 40.0 Å². The van der Waals surface area contributed by atoms with Crippen LogP contribution in [0.25, 0.3) is 0 Å². The Bertz CT molecular complexity index is 149. The van der Waals surface area contributed by atoms with Crippen LogP contribution in [0, 0.1) is 11.3 Å². The van der Waals surface area contributed by atoms with E-state index in [0.29, 0.717) is 11.5 Å². The highest BCUT2D eigenvalue weighted by atomic mass is 14.7. The summed E-state index contributed by atoms with van der Waals surface area (Å²) in [6.07, 6.45) is 7.88. The summed E-state index contributed by atoms with van der Waals surface area (Å²) in [7, 11) is 0. The molecule has 0 spiro atoms. The molecule has 2 unspecified atom stereocenters. The van der Waals surface area contributed by atoms with Crippen LogP contribution < -0.4 is 5.73 Å². The molecule has 1 heteroatoms. The van der Waals surface area contributed by atoms with Gasteiger partial charge >= 0.3 is 0 Å². The monoisotopic (exact) mass is 183 g/mol. The second-order valence-electron chi connectivity index (χ2n) is 4.89. The molecule has 0 aromatic heterocycles. The molecule has 0 aromatic rings. The summed E-state index contributed by atoms with van der Waals surface area (Å²) < 4.78 is 0. The SMILES string of the molecule is CCC1CC(N)CC(CC)(CC)C1. The fraction of sp³-hybridized carbons (Fsp3) is 1.00. The predicted molar refractivity (Wildman–Crippen MR) is 58.6 cm³/mol. The summed E-state index contributed by atoms with van der Waals surface area (Å²) in [5.74, 6) is 0.892. The normalized spacial score (nSPS) is 33.2. The Kier molecular flexibility index (Phi) is 3.78. The van der Waals surface area contributed by atoms with Gasteiger partial charge in [0.05, 0.1) is 0 Å². The van der Waals surface area contributed by atoms with E-state index in [2.05, 4.69) is 20.8 Å². The van der Waals surface area contributed by atoms with Gasteiger partial charge in [0.1, 0.15) is 0 Å². The summed E-state index contributed by atoms with van der Waals surface area (Å²) in [5, 5.41) is 0. The van der Waals surface area contributed by atoms with Crippen LogP contribution in [-0.2, 0) is 0 Å². The molecule has 1 rings (SSSR count). The van der Waals surface area contributed by atoms with Crippen molar-refractivity contribution in [1.29, 1.82) is 0 Å². The van der Waals surface area contributed by atoms with E-state index < -0.39 is 0 Å². The molecule has 2 atom stereocenters. The standard InChI is InChI=1S/C12H25N/c1-4-10-7-11(13)9-12(5-2,6-3)8-10/h10-11H,4-9,13H2,1-3H3. The molecule has 1 saturated carbocycles. The molecule has 1 nitrogen and oxygen atoms in total. The van der Waals surface area contributed by atoms with Crippen molar-refractivity contribution in [2.45, 2.75) is 65.3 Å². The lowest BCUT2D eigenvalue weighted by molar-refractivity contribution is 0.108. The van der Waals surface area contributed by atoms with Crippen molar-refractivity contribution in [3.63, 3.8) is 0 Å². The van der Waals surface area contributed by atoms with E-state index in [0.717, 1.165) is 5.92 Å². The maximum atomic E-state index is 6.13. The van der Waals surface area contributed by atoms with Crippen molar-refractivity contribution >= 4 is 0 Å². The van der Waals surface area contributed by atoms with E-state index in [1.807, 2.05) is 0 Å². The van der Waals surface area contributed by atoms with Gasteiger partial charge in [-0.3, -0.25) is 0 Å².